The third-order valence-electron chi connectivity index (χ3n) is 3.80. The zero-order valence-corrected chi connectivity index (χ0v) is 16.6. The zero-order valence-electron chi connectivity index (χ0n) is 15.0. The van der Waals surface area contributed by atoms with E-state index < -0.39 is 0 Å². The number of hydrogen-bond donors (Lipinski definition) is 2. The second-order valence-corrected chi connectivity index (χ2v) is 7.89. The average Bonchev–Trinajstić information content (AvgIpc) is 3.12. The Labute approximate surface area is 166 Å². The fourth-order valence-electron chi connectivity index (χ4n) is 2.39. The van der Waals surface area contributed by atoms with Crippen LogP contribution in [-0.4, -0.2) is 23.8 Å². The molecule has 2 amide bonds. The summed E-state index contributed by atoms with van der Waals surface area (Å²) in [5.41, 5.74) is 2.85. The molecule has 0 atom stereocenters. The van der Waals surface area contributed by atoms with Gasteiger partial charge in [0, 0.05) is 39.9 Å². The molecular formula is C20H19N3O2S2. The molecule has 2 aromatic carbocycles. The first-order valence-corrected chi connectivity index (χ1v) is 10.2. The van der Waals surface area contributed by atoms with E-state index in [1.165, 1.54) is 0 Å². The number of rotatable bonds is 6. The predicted octanol–water partition coefficient (Wildman–Crippen LogP) is 4.36. The highest BCUT2D eigenvalue weighted by molar-refractivity contribution is 7.98. The van der Waals surface area contributed by atoms with Crippen molar-refractivity contribution in [2.24, 2.45) is 0 Å². The minimum absolute atomic E-state index is 0.159. The number of aromatic nitrogens is 1. The van der Waals surface area contributed by atoms with Crippen LogP contribution in [0.25, 0.3) is 0 Å². The Morgan fingerprint density at radius 2 is 1.63 bits per heavy atom. The summed E-state index contributed by atoms with van der Waals surface area (Å²) in [5, 5.41) is 8.54. The first kappa shape index (κ1) is 19.1. The summed E-state index contributed by atoms with van der Waals surface area (Å²) in [4.78, 5) is 29.5. The van der Waals surface area contributed by atoms with Gasteiger partial charge in [0.2, 0.25) is 0 Å². The Hall–Kier alpha value is -2.64. The highest BCUT2D eigenvalue weighted by Gasteiger charge is 2.08. The molecule has 0 aliphatic heterocycles. The molecule has 1 aromatic heterocycles. The second-order valence-electron chi connectivity index (χ2n) is 5.78. The van der Waals surface area contributed by atoms with Crippen LogP contribution in [0.4, 0.5) is 5.69 Å². The van der Waals surface area contributed by atoms with E-state index in [1.54, 1.807) is 54.4 Å². The van der Waals surface area contributed by atoms with Gasteiger partial charge in [0.25, 0.3) is 11.8 Å². The Kier molecular flexibility index (Phi) is 6.26. The minimum Gasteiger partial charge on any atom is -0.355 e. The van der Waals surface area contributed by atoms with Gasteiger partial charge in [-0.3, -0.25) is 9.59 Å². The van der Waals surface area contributed by atoms with E-state index >= 15 is 0 Å². The van der Waals surface area contributed by atoms with Gasteiger partial charge in [-0.25, -0.2) is 4.98 Å². The second kappa shape index (κ2) is 8.83. The van der Waals surface area contributed by atoms with Crippen LogP contribution in [0, 0.1) is 6.92 Å². The summed E-state index contributed by atoms with van der Waals surface area (Å²) >= 11 is 3.34. The van der Waals surface area contributed by atoms with Gasteiger partial charge in [0.1, 0.15) is 0 Å². The lowest BCUT2D eigenvalue weighted by Crippen LogP contribution is -2.17. The first-order chi connectivity index (χ1) is 13.0. The van der Waals surface area contributed by atoms with Crippen molar-refractivity contribution in [3.63, 3.8) is 0 Å². The van der Waals surface area contributed by atoms with Crippen molar-refractivity contribution in [1.82, 2.24) is 10.3 Å². The van der Waals surface area contributed by atoms with Crippen molar-refractivity contribution < 1.29 is 9.59 Å². The van der Waals surface area contributed by atoms with E-state index in [-0.39, 0.29) is 11.8 Å². The third-order valence-corrected chi connectivity index (χ3v) is 5.67. The van der Waals surface area contributed by atoms with E-state index in [4.69, 9.17) is 0 Å². The molecule has 3 rings (SSSR count). The Bertz CT molecular complexity index is 935. The van der Waals surface area contributed by atoms with E-state index in [1.807, 2.05) is 31.2 Å². The molecule has 0 aliphatic rings. The summed E-state index contributed by atoms with van der Waals surface area (Å²) in [5.74, 6) is 0.469. The average molecular weight is 398 g/mol. The molecule has 7 heteroatoms. The molecule has 3 aromatic rings. The van der Waals surface area contributed by atoms with Crippen LogP contribution in [0.3, 0.4) is 0 Å². The van der Waals surface area contributed by atoms with E-state index in [0.717, 1.165) is 21.3 Å². The third kappa shape index (κ3) is 5.18. The van der Waals surface area contributed by atoms with Crippen LogP contribution in [0.5, 0.6) is 0 Å². The van der Waals surface area contributed by atoms with Crippen molar-refractivity contribution in [2.75, 3.05) is 12.4 Å². The highest BCUT2D eigenvalue weighted by Crippen LogP contribution is 2.24. The lowest BCUT2D eigenvalue weighted by Gasteiger charge is -2.07. The topological polar surface area (TPSA) is 71.1 Å². The molecule has 0 spiro atoms. The molecule has 0 saturated carbocycles. The standard InChI is InChI=1S/C20H19N3O2S2/c1-13-22-17(11-26-13)12-27-18-9-5-15(6-10-18)20(25)23-16-7-3-14(4-8-16)19(24)21-2/h3-11H,12H2,1-2H3,(H,21,24)(H,23,25). The molecule has 0 unspecified atom stereocenters. The number of aryl methyl sites for hydroxylation is 1. The Balaban J connectivity index is 1.57. The van der Waals surface area contributed by atoms with Crippen molar-refractivity contribution in [1.29, 1.82) is 0 Å². The van der Waals surface area contributed by atoms with Crippen LogP contribution in [0.15, 0.2) is 58.8 Å². The Morgan fingerprint density at radius 3 is 2.22 bits per heavy atom. The number of benzene rings is 2. The van der Waals surface area contributed by atoms with Crippen LogP contribution in [0.1, 0.15) is 31.4 Å². The zero-order chi connectivity index (χ0) is 19.2. The van der Waals surface area contributed by atoms with Gasteiger partial charge in [0.15, 0.2) is 0 Å². The number of carbonyl (C=O) groups is 2. The number of anilines is 1. The molecule has 2 N–H and O–H groups in total. The molecule has 0 radical (unpaired) electrons. The normalized spacial score (nSPS) is 10.4. The number of carbonyl (C=O) groups excluding carboxylic acids is 2. The van der Waals surface area contributed by atoms with E-state index in [0.29, 0.717) is 16.8 Å². The summed E-state index contributed by atoms with van der Waals surface area (Å²) in [6.45, 7) is 2.00. The number of nitrogens with zero attached hydrogens (tertiary/aromatic N) is 1. The molecule has 5 nitrogen and oxygen atoms in total. The van der Waals surface area contributed by atoms with Crippen molar-refractivity contribution >= 4 is 40.6 Å². The summed E-state index contributed by atoms with van der Waals surface area (Å²) in [7, 11) is 1.58. The van der Waals surface area contributed by atoms with E-state index in [9.17, 15) is 9.59 Å². The van der Waals surface area contributed by atoms with Gasteiger partial charge >= 0.3 is 0 Å². The fraction of sp³-hybridized carbons (Fsp3) is 0.150. The number of amides is 2. The predicted molar refractivity (Wildman–Crippen MR) is 111 cm³/mol. The van der Waals surface area contributed by atoms with Crippen LogP contribution in [0.2, 0.25) is 0 Å². The largest absolute Gasteiger partial charge is 0.355 e. The van der Waals surface area contributed by atoms with Gasteiger partial charge in [-0.05, 0) is 55.5 Å². The summed E-state index contributed by atoms with van der Waals surface area (Å²) < 4.78 is 0. The van der Waals surface area contributed by atoms with Crippen molar-refractivity contribution in [3.05, 3.63) is 75.7 Å². The maximum atomic E-state index is 12.4. The monoisotopic (exact) mass is 397 g/mol. The number of nitrogens with one attached hydrogen (secondary N) is 2. The number of thioether (sulfide) groups is 1. The van der Waals surface area contributed by atoms with E-state index in [2.05, 4.69) is 21.0 Å². The summed E-state index contributed by atoms with van der Waals surface area (Å²) in [6, 6.07) is 14.3. The van der Waals surface area contributed by atoms with Gasteiger partial charge < -0.3 is 10.6 Å². The van der Waals surface area contributed by atoms with Crippen LogP contribution < -0.4 is 10.6 Å². The molecule has 138 valence electrons. The maximum Gasteiger partial charge on any atom is 0.255 e. The van der Waals surface area contributed by atoms with Gasteiger partial charge in [-0.15, -0.1) is 23.1 Å². The lowest BCUT2D eigenvalue weighted by molar-refractivity contribution is 0.0962. The Morgan fingerprint density at radius 1 is 1.00 bits per heavy atom. The number of hydrogen-bond acceptors (Lipinski definition) is 5. The maximum absolute atomic E-state index is 12.4. The van der Waals surface area contributed by atoms with Gasteiger partial charge in [-0.1, -0.05) is 0 Å². The fourth-order valence-corrected chi connectivity index (χ4v) is 3.90. The van der Waals surface area contributed by atoms with Crippen LogP contribution >= 0.6 is 23.1 Å². The van der Waals surface area contributed by atoms with Gasteiger partial charge in [0.05, 0.1) is 10.7 Å². The first-order valence-electron chi connectivity index (χ1n) is 8.32. The molecule has 1 heterocycles. The minimum atomic E-state index is -0.186. The van der Waals surface area contributed by atoms with Gasteiger partial charge in [-0.2, -0.15) is 0 Å². The highest BCUT2D eigenvalue weighted by atomic mass is 32.2. The smallest absolute Gasteiger partial charge is 0.255 e. The molecular weight excluding hydrogens is 378 g/mol. The molecule has 0 fully saturated rings. The molecule has 27 heavy (non-hydrogen) atoms. The molecule has 0 saturated heterocycles. The quantitative estimate of drug-likeness (QED) is 0.607. The number of thiazole rings is 1. The molecule has 0 bridgehead atoms. The van der Waals surface area contributed by atoms with Crippen LogP contribution in [-0.2, 0) is 5.75 Å². The van der Waals surface area contributed by atoms with Crippen molar-refractivity contribution in [2.45, 2.75) is 17.6 Å². The molecule has 0 aliphatic carbocycles. The lowest BCUT2D eigenvalue weighted by atomic mass is 10.1. The van der Waals surface area contributed by atoms with Crippen molar-refractivity contribution in [3.8, 4) is 0 Å². The SMILES string of the molecule is CNC(=O)c1ccc(NC(=O)c2ccc(SCc3csc(C)n3)cc2)cc1. The summed E-state index contributed by atoms with van der Waals surface area (Å²) in [6.07, 6.45) is 0.